The van der Waals surface area contributed by atoms with Gasteiger partial charge in [0.1, 0.15) is 24.3 Å². The zero-order chi connectivity index (χ0) is 23.9. The molecule has 3 aromatic carbocycles. The number of ketones is 1. The monoisotopic (exact) mass is 462 g/mol. The Balaban J connectivity index is 1.29. The Morgan fingerprint density at radius 2 is 1.59 bits per heavy atom. The van der Waals surface area contributed by atoms with E-state index in [1.165, 1.54) is 12.1 Å². The third-order valence-corrected chi connectivity index (χ3v) is 6.30. The maximum Gasteiger partial charge on any atom is 0.170 e. The van der Waals surface area contributed by atoms with Crippen molar-refractivity contribution in [2.24, 2.45) is 0 Å². The molecule has 6 heteroatoms. The molecule has 1 heterocycles. The molecule has 0 radical (unpaired) electrons. The van der Waals surface area contributed by atoms with Crippen molar-refractivity contribution < 1.29 is 19.0 Å². The van der Waals surface area contributed by atoms with Gasteiger partial charge in [0.15, 0.2) is 5.78 Å². The molecule has 1 aliphatic heterocycles. The fraction of sp³-hybridized carbons (Fsp3) is 0.321. The maximum atomic E-state index is 13.2. The average molecular weight is 463 g/mol. The Morgan fingerprint density at radius 1 is 0.941 bits per heavy atom. The standard InChI is InChI=1S/C28H31FN2O3/c1-21(28(33)22-7-3-2-4-8-22)26-9-5-6-10-27(26)34-20-25(32)19-30-15-17-31(18-16-30)24-13-11-23(29)12-14-24/h2-14,21,25,32H,15-20H2,1H3. The number of aliphatic hydroxyl groups excluding tert-OH is 1. The summed E-state index contributed by atoms with van der Waals surface area (Å²) < 4.78 is 19.1. The van der Waals surface area contributed by atoms with Gasteiger partial charge >= 0.3 is 0 Å². The average Bonchev–Trinajstić information content (AvgIpc) is 2.88. The fourth-order valence-corrected chi connectivity index (χ4v) is 4.34. The van der Waals surface area contributed by atoms with Gasteiger partial charge in [-0.05, 0) is 30.3 Å². The number of aliphatic hydroxyl groups is 1. The molecular weight excluding hydrogens is 431 g/mol. The van der Waals surface area contributed by atoms with Crippen LogP contribution in [0.4, 0.5) is 10.1 Å². The minimum Gasteiger partial charge on any atom is -0.491 e. The van der Waals surface area contributed by atoms with Gasteiger partial charge in [0.05, 0.1) is 0 Å². The number of hydrogen-bond donors (Lipinski definition) is 1. The van der Waals surface area contributed by atoms with Crippen LogP contribution < -0.4 is 9.64 Å². The molecule has 1 saturated heterocycles. The number of halogens is 1. The van der Waals surface area contributed by atoms with Crippen LogP contribution in [0.25, 0.3) is 0 Å². The van der Waals surface area contributed by atoms with Crippen molar-refractivity contribution in [2.75, 3.05) is 44.2 Å². The van der Waals surface area contributed by atoms with E-state index in [0.29, 0.717) is 17.9 Å². The van der Waals surface area contributed by atoms with Crippen LogP contribution in [0, 0.1) is 5.82 Å². The van der Waals surface area contributed by atoms with E-state index in [1.807, 2.05) is 61.5 Å². The van der Waals surface area contributed by atoms with Crippen molar-refractivity contribution in [3.63, 3.8) is 0 Å². The van der Waals surface area contributed by atoms with Crippen LogP contribution in [0.15, 0.2) is 78.9 Å². The summed E-state index contributed by atoms with van der Waals surface area (Å²) in [4.78, 5) is 17.3. The van der Waals surface area contributed by atoms with E-state index in [0.717, 1.165) is 37.4 Å². The minimum absolute atomic E-state index is 0.0382. The fourth-order valence-electron chi connectivity index (χ4n) is 4.34. The lowest BCUT2D eigenvalue weighted by atomic mass is 9.92. The zero-order valence-corrected chi connectivity index (χ0v) is 19.4. The molecule has 1 N–H and O–H groups in total. The Kier molecular flexibility index (Phi) is 7.93. The van der Waals surface area contributed by atoms with Crippen LogP contribution in [0.5, 0.6) is 5.75 Å². The normalized spacial score (nSPS) is 16.1. The quantitative estimate of drug-likeness (QED) is 0.479. The number of Topliss-reactive ketones (excluding diaryl/α,β-unsaturated/α-hetero) is 1. The lowest BCUT2D eigenvalue weighted by Crippen LogP contribution is -2.49. The highest BCUT2D eigenvalue weighted by molar-refractivity contribution is 6.01. The summed E-state index contributed by atoms with van der Waals surface area (Å²) >= 11 is 0. The molecule has 0 amide bonds. The van der Waals surface area contributed by atoms with E-state index in [9.17, 15) is 14.3 Å². The summed E-state index contributed by atoms with van der Waals surface area (Å²) in [5, 5.41) is 10.6. The number of benzene rings is 3. The van der Waals surface area contributed by atoms with Crippen molar-refractivity contribution in [3.8, 4) is 5.75 Å². The SMILES string of the molecule is CC(C(=O)c1ccccc1)c1ccccc1OCC(O)CN1CCN(c2ccc(F)cc2)CC1. The van der Waals surface area contributed by atoms with Gasteiger partial charge in [0.25, 0.3) is 0 Å². The second-order valence-electron chi connectivity index (χ2n) is 8.72. The molecule has 0 aromatic heterocycles. The maximum absolute atomic E-state index is 13.2. The molecule has 1 fully saturated rings. The number of piperazine rings is 1. The van der Waals surface area contributed by atoms with Crippen LogP contribution >= 0.6 is 0 Å². The number of carbonyl (C=O) groups is 1. The highest BCUT2D eigenvalue weighted by Gasteiger charge is 2.22. The molecule has 5 nitrogen and oxygen atoms in total. The molecule has 4 rings (SSSR count). The summed E-state index contributed by atoms with van der Waals surface area (Å²) in [6.07, 6.45) is -0.648. The molecular formula is C28H31FN2O3. The van der Waals surface area contributed by atoms with Gasteiger partial charge in [-0.1, -0.05) is 55.5 Å². The van der Waals surface area contributed by atoms with Gasteiger partial charge in [0, 0.05) is 55.5 Å². The number of rotatable bonds is 9. The molecule has 2 atom stereocenters. The predicted molar refractivity (Wildman–Crippen MR) is 132 cm³/mol. The molecule has 0 saturated carbocycles. The summed E-state index contributed by atoms with van der Waals surface area (Å²) in [5.41, 5.74) is 2.50. The van der Waals surface area contributed by atoms with Crippen molar-refractivity contribution in [2.45, 2.75) is 18.9 Å². The lowest BCUT2D eigenvalue weighted by molar-refractivity contribution is 0.0658. The van der Waals surface area contributed by atoms with Gasteiger partial charge in [-0.25, -0.2) is 4.39 Å². The first-order valence-electron chi connectivity index (χ1n) is 11.7. The smallest absolute Gasteiger partial charge is 0.170 e. The Labute approximate surface area is 200 Å². The second kappa shape index (κ2) is 11.3. The van der Waals surface area contributed by atoms with Crippen molar-refractivity contribution in [1.82, 2.24) is 4.90 Å². The number of anilines is 1. The number of para-hydroxylation sites is 1. The predicted octanol–water partition coefficient (Wildman–Crippen LogP) is 4.37. The minimum atomic E-state index is -0.648. The summed E-state index contributed by atoms with van der Waals surface area (Å²) in [7, 11) is 0. The number of hydrogen-bond acceptors (Lipinski definition) is 5. The second-order valence-corrected chi connectivity index (χ2v) is 8.72. The largest absolute Gasteiger partial charge is 0.491 e. The Bertz CT molecular complexity index is 1070. The van der Waals surface area contributed by atoms with Crippen molar-refractivity contribution >= 4 is 11.5 Å². The van der Waals surface area contributed by atoms with Crippen molar-refractivity contribution in [3.05, 3.63) is 95.8 Å². The molecule has 2 unspecified atom stereocenters. The van der Waals surface area contributed by atoms with Crippen LogP contribution in [0.2, 0.25) is 0 Å². The number of β-amino-alcohol motifs (C(OH)–C–C–N with tert-alkyl or cyclic N) is 1. The Hall–Kier alpha value is -3.22. The summed E-state index contributed by atoms with van der Waals surface area (Å²) in [6, 6.07) is 23.3. The first kappa shape index (κ1) is 23.9. The van der Waals surface area contributed by atoms with E-state index >= 15 is 0 Å². The van der Waals surface area contributed by atoms with E-state index in [2.05, 4.69) is 9.80 Å². The van der Waals surface area contributed by atoms with Crippen LogP contribution in [0.3, 0.4) is 0 Å². The first-order chi connectivity index (χ1) is 16.5. The van der Waals surface area contributed by atoms with Gasteiger partial charge in [-0.15, -0.1) is 0 Å². The number of ether oxygens (including phenoxy) is 1. The zero-order valence-electron chi connectivity index (χ0n) is 19.4. The highest BCUT2D eigenvalue weighted by Crippen LogP contribution is 2.29. The lowest BCUT2D eigenvalue weighted by Gasteiger charge is -2.36. The Morgan fingerprint density at radius 3 is 2.29 bits per heavy atom. The summed E-state index contributed by atoms with van der Waals surface area (Å²) in [5.74, 6) is 0.0804. The van der Waals surface area contributed by atoms with Gasteiger partial charge < -0.3 is 14.7 Å². The molecule has 0 spiro atoms. The van der Waals surface area contributed by atoms with E-state index in [1.54, 1.807) is 12.1 Å². The number of nitrogens with zero attached hydrogens (tertiary/aromatic N) is 2. The van der Waals surface area contributed by atoms with E-state index in [4.69, 9.17) is 4.74 Å². The third kappa shape index (κ3) is 6.01. The van der Waals surface area contributed by atoms with Crippen LogP contribution in [0.1, 0.15) is 28.8 Å². The van der Waals surface area contributed by atoms with Crippen LogP contribution in [-0.2, 0) is 0 Å². The molecule has 1 aliphatic rings. The molecule has 178 valence electrons. The third-order valence-electron chi connectivity index (χ3n) is 6.30. The van der Waals surface area contributed by atoms with E-state index in [-0.39, 0.29) is 24.1 Å². The van der Waals surface area contributed by atoms with Gasteiger partial charge in [-0.2, -0.15) is 0 Å². The summed E-state index contributed by atoms with van der Waals surface area (Å²) in [6.45, 7) is 5.82. The van der Waals surface area contributed by atoms with Crippen molar-refractivity contribution in [1.29, 1.82) is 0 Å². The highest BCUT2D eigenvalue weighted by atomic mass is 19.1. The topological polar surface area (TPSA) is 53.0 Å². The molecule has 34 heavy (non-hydrogen) atoms. The molecule has 0 bridgehead atoms. The van der Waals surface area contributed by atoms with E-state index < -0.39 is 6.10 Å². The molecule has 3 aromatic rings. The first-order valence-corrected chi connectivity index (χ1v) is 11.7. The van der Waals surface area contributed by atoms with Gasteiger partial charge in [0.2, 0.25) is 0 Å². The van der Waals surface area contributed by atoms with Crippen LogP contribution in [-0.4, -0.2) is 61.2 Å². The molecule has 0 aliphatic carbocycles. The number of carbonyl (C=O) groups excluding carboxylic acids is 1. The van der Waals surface area contributed by atoms with Gasteiger partial charge in [-0.3, -0.25) is 9.69 Å².